The SMILES string of the molecule is CC(=O)Nc1ccc(O[Si](Oc2ccc(NC(C)=O)cc2)(Oc2ccc(NC(C)=O)cc2)Oc2ccc(NC(C)=O)cc2)cc1. The van der Waals surface area contributed by atoms with Gasteiger partial charge in [0.1, 0.15) is 23.0 Å². The molecule has 0 fully saturated rings. The Morgan fingerprint density at radius 3 is 0.711 bits per heavy atom. The zero-order valence-corrected chi connectivity index (χ0v) is 26.0. The first-order valence-corrected chi connectivity index (χ1v) is 15.4. The van der Waals surface area contributed by atoms with Crippen LogP contribution in [0.15, 0.2) is 97.1 Å². The molecule has 45 heavy (non-hydrogen) atoms. The van der Waals surface area contributed by atoms with E-state index in [9.17, 15) is 19.2 Å². The van der Waals surface area contributed by atoms with Gasteiger partial charge in [0.2, 0.25) is 23.6 Å². The molecule has 0 radical (unpaired) electrons. The molecular weight excluding hydrogens is 596 g/mol. The van der Waals surface area contributed by atoms with E-state index in [0.717, 1.165) is 0 Å². The van der Waals surface area contributed by atoms with Crippen molar-refractivity contribution in [3.63, 3.8) is 0 Å². The quantitative estimate of drug-likeness (QED) is 0.149. The van der Waals surface area contributed by atoms with Crippen LogP contribution in [0.1, 0.15) is 27.7 Å². The molecule has 12 nitrogen and oxygen atoms in total. The van der Waals surface area contributed by atoms with Gasteiger partial charge in [-0.25, -0.2) is 0 Å². The largest absolute Gasteiger partial charge is 0.966 e. The van der Waals surface area contributed by atoms with Crippen molar-refractivity contribution in [1.82, 2.24) is 0 Å². The fraction of sp³-hybridized carbons (Fsp3) is 0.125. The average molecular weight is 629 g/mol. The van der Waals surface area contributed by atoms with Gasteiger partial charge in [-0.15, -0.1) is 0 Å². The van der Waals surface area contributed by atoms with Crippen LogP contribution in [0, 0.1) is 0 Å². The van der Waals surface area contributed by atoms with E-state index in [1.54, 1.807) is 97.1 Å². The van der Waals surface area contributed by atoms with Crippen molar-refractivity contribution in [1.29, 1.82) is 0 Å². The van der Waals surface area contributed by atoms with E-state index >= 15 is 0 Å². The molecule has 0 unspecified atom stereocenters. The summed E-state index contributed by atoms with van der Waals surface area (Å²) in [5.41, 5.74) is 2.22. The predicted octanol–water partition coefficient (Wildman–Crippen LogP) is 5.57. The summed E-state index contributed by atoms with van der Waals surface area (Å²) in [6, 6.07) is 26.3. The van der Waals surface area contributed by atoms with Crippen molar-refractivity contribution in [2.24, 2.45) is 0 Å². The molecule has 13 heteroatoms. The number of amides is 4. The first-order valence-electron chi connectivity index (χ1n) is 13.7. The van der Waals surface area contributed by atoms with Gasteiger partial charge in [0.15, 0.2) is 0 Å². The number of anilines is 4. The van der Waals surface area contributed by atoms with Crippen molar-refractivity contribution >= 4 is 55.4 Å². The van der Waals surface area contributed by atoms with Gasteiger partial charge in [0.25, 0.3) is 0 Å². The summed E-state index contributed by atoms with van der Waals surface area (Å²) in [4.78, 5) is 46.1. The third-order valence-electron chi connectivity index (χ3n) is 5.67. The number of hydrogen-bond acceptors (Lipinski definition) is 8. The number of carbonyl (C=O) groups excluding carboxylic acids is 4. The van der Waals surface area contributed by atoms with Gasteiger partial charge < -0.3 is 39.0 Å². The number of carbonyl (C=O) groups is 4. The van der Waals surface area contributed by atoms with Crippen molar-refractivity contribution in [2.75, 3.05) is 21.3 Å². The first kappa shape index (κ1) is 32.1. The van der Waals surface area contributed by atoms with Gasteiger partial charge in [0, 0.05) is 50.4 Å². The Hall–Kier alpha value is -5.82. The number of nitrogens with one attached hydrogen (secondary N) is 4. The minimum absolute atomic E-state index is 0.226. The highest BCUT2D eigenvalue weighted by molar-refractivity contribution is 6.57. The lowest BCUT2D eigenvalue weighted by Crippen LogP contribution is -2.60. The van der Waals surface area contributed by atoms with Gasteiger partial charge in [-0.2, -0.15) is 0 Å². The van der Waals surface area contributed by atoms with Crippen molar-refractivity contribution in [2.45, 2.75) is 27.7 Å². The molecule has 4 N–H and O–H groups in total. The lowest BCUT2D eigenvalue weighted by Gasteiger charge is -2.28. The Morgan fingerprint density at radius 2 is 0.556 bits per heavy atom. The summed E-state index contributed by atoms with van der Waals surface area (Å²) in [5.74, 6) is 0.355. The van der Waals surface area contributed by atoms with Crippen LogP contribution in [-0.4, -0.2) is 32.7 Å². The highest BCUT2D eigenvalue weighted by Gasteiger charge is 2.58. The predicted molar refractivity (Wildman–Crippen MR) is 171 cm³/mol. The average Bonchev–Trinajstić information content (AvgIpc) is 2.96. The summed E-state index contributed by atoms with van der Waals surface area (Å²) in [6.07, 6.45) is 0. The summed E-state index contributed by atoms with van der Waals surface area (Å²) in [5, 5.41) is 10.8. The van der Waals surface area contributed by atoms with Crippen LogP contribution in [0.3, 0.4) is 0 Å². The third kappa shape index (κ3) is 10.1. The van der Waals surface area contributed by atoms with E-state index in [4.69, 9.17) is 17.7 Å². The van der Waals surface area contributed by atoms with Gasteiger partial charge in [-0.1, -0.05) is 0 Å². The lowest BCUT2D eigenvalue weighted by atomic mass is 10.3. The Kier molecular flexibility index (Phi) is 10.4. The van der Waals surface area contributed by atoms with Gasteiger partial charge >= 0.3 is 9.05 Å². The molecule has 0 bridgehead atoms. The molecule has 0 aromatic heterocycles. The minimum Gasteiger partial charge on any atom is -0.452 e. The Morgan fingerprint density at radius 1 is 0.378 bits per heavy atom. The zero-order chi connectivity index (χ0) is 32.4. The summed E-state index contributed by atoms with van der Waals surface area (Å²) < 4.78 is 25.6. The summed E-state index contributed by atoms with van der Waals surface area (Å²) in [6.45, 7) is 5.62. The molecule has 0 saturated heterocycles. The van der Waals surface area contributed by atoms with E-state index in [-0.39, 0.29) is 23.6 Å². The second kappa shape index (κ2) is 14.6. The lowest BCUT2D eigenvalue weighted by molar-refractivity contribution is -0.115. The Bertz CT molecular complexity index is 1390. The third-order valence-corrected chi connectivity index (χ3v) is 7.61. The van der Waals surface area contributed by atoms with E-state index in [1.165, 1.54) is 27.7 Å². The second-order valence-electron chi connectivity index (χ2n) is 9.73. The van der Waals surface area contributed by atoms with Gasteiger partial charge in [-0.05, 0) is 97.1 Å². The standard InChI is InChI=1S/C32H32N4O8Si/c1-21(37)33-25-5-13-29(14-6-25)41-45(42-30-15-7-26(8-16-30)34-22(2)38,43-31-17-9-27(10-18-31)35-23(3)39)44-32-19-11-28(12-20-32)36-24(4)40/h5-20H,1-4H3,(H,33,37)(H,34,38)(H,35,39)(H,36,40). The van der Waals surface area contributed by atoms with Crippen molar-refractivity contribution in [3.05, 3.63) is 97.1 Å². The van der Waals surface area contributed by atoms with E-state index in [2.05, 4.69) is 21.3 Å². The molecule has 0 spiro atoms. The fourth-order valence-electron chi connectivity index (χ4n) is 3.94. The molecule has 4 aromatic rings. The zero-order valence-electron chi connectivity index (χ0n) is 25.0. The monoisotopic (exact) mass is 628 g/mol. The molecule has 0 aliphatic rings. The van der Waals surface area contributed by atoms with E-state index in [1.807, 2.05) is 0 Å². The summed E-state index contributed by atoms with van der Waals surface area (Å²) >= 11 is 0. The molecular formula is C32H32N4O8Si. The van der Waals surface area contributed by atoms with Crippen LogP contribution in [0.5, 0.6) is 23.0 Å². The Balaban J connectivity index is 1.75. The van der Waals surface area contributed by atoms with Crippen molar-refractivity contribution < 1.29 is 36.9 Å². The molecule has 4 aromatic carbocycles. The maximum absolute atomic E-state index is 11.5. The molecule has 0 aliphatic carbocycles. The molecule has 0 aliphatic heterocycles. The summed E-state index contributed by atoms with van der Waals surface area (Å²) in [7, 11) is -4.31. The maximum atomic E-state index is 11.5. The molecule has 4 amide bonds. The fourth-order valence-corrected chi connectivity index (χ4v) is 5.89. The minimum atomic E-state index is -4.31. The smallest absolute Gasteiger partial charge is 0.452 e. The first-order chi connectivity index (χ1) is 21.5. The van der Waals surface area contributed by atoms with Crippen LogP contribution in [-0.2, 0) is 19.2 Å². The van der Waals surface area contributed by atoms with Crippen LogP contribution in [0.25, 0.3) is 0 Å². The van der Waals surface area contributed by atoms with Crippen molar-refractivity contribution in [3.8, 4) is 23.0 Å². The molecule has 0 saturated carbocycles. The van der Waals surface area contributed by atoms with Gasteiger partial charge in [-0.3, -0.25) is 19.2 Å². The number of rotatable bonds is 12. The second-order valence-corrected chi connectivity index (χ2v) is 11.5. The normalized spacial score (nSPS) is 10.6. The van der Waals surface area contributed by atoms with Crippen LogP contribution < -0.4 is 39.0 Å². The van der Waals surface area contributed by atoms with Gasteiger partial charge in [0.05, 0.1) is 0 Å². The van der Waals surface area contributed by atoms with E-state index < -0.39 is 9.05 Å². The highest BCUT2D eigenvalue weighted by atomic mass is 28.4. The molecule has 4 rings (SSSR count). The molecule has 0 atom stereocenters. The molecule has 0 heterocycles. The van der Waals surface area contributed by atoms with E-state index in [0.29, 0.717) is 45.7 Å². The maximum Gasteiger partial charge on any atom is 0.966 e. The Labute approximate surface area is 261 Å². The highest BCUT2D eigenvalue weighted by Crippen LogP contribution is 2.30. The number of benzene rings is 4. The topological polar surface area (TPSA) is 153 Å². The van der Waals surface area contributed by atoms with Crippen LogP contribution >= 0.6 is 0 Å². The van der Waals surface area contributed by atoms with Crippen LogP contribution in [0.4, 0.5) is 22.7 Å². The molecule has 232 valence electrons. The van der Waals surface area contributed by atoms with Crippen LogP contribution in [0.2, 0.25) is 0 Å². The number of hydrogen-bond donors (Lipinski definition) is 4.